The van der Waals surface area contributed by atoms with Crippen LogP contribution in [0, 0.1) is 5.82 Å². The Labute approximate surface area is 112 Å². The molecule has 0 aliphatic heterocycles. The Morgan fingerprint density at radius 3 is 2.79 bits per heavy atom. The number of carbonyl (C=O) groups is 1. The molecule has 0 saturated carbocycles. The van der Waals surface area contributed by atoms with Gasteiger partial charge in [-0.2, -0.15) is 4.98 Å². The minimum Gasteiger partial charge on any atom is -0.358 e. The Morgan fingerprint density at radius 2 is 2.16 bits per heavy atom. The monoisotopic (exact) mass is 269 g/mol. The molecule has 0 aliphatic rings. The lowest BCUT2D eigenvalue weighted by Crippen LogP contribution is -2.35. The molecule has 0 aromatic carbocycles. The molecular weight excluding hydrogens is 249 g/mol. The Morgan fingerprint density at radius 1 is 1.42 bits per heavy atom. The Balaban J connectivity index is 2.58. The van der Waals surface area contributed by atoms with Gasteiger partial charge in [-0.3, -0.25) is 4.79 Å². The molecule has 106 valence electrons. The fourth-order valence-corrected chi connectivity index (χ4v) is 1.35. The van der Waals surface area contributed by atoms with Gasteiger partial charge in [0.1, 0.15) is 0 Å². The van der Waals surface area contributed by atoms with Crippen molar-refractivity contribution in [3.63, 3.8) is 0 Å². The molecule has 0 saturated heterocycles. The third-order valence-electron chi connectivity index (χ3n) is 2.14. The van der Waals surface area contributed by atoms with Gasteiger partial charge in [0.15, 0.2) is 11.6 Å². The lowest BCUT2D eigenvalue weighted by atomic mass is 10.4. The molecule has 0 bridgehead atoms. The third kappa shape index (κ3) is 5.50. The summed E-state index contributed by atoms with van der Waals surface area (Å²) in [6, 6.07) is 0.0475. The summed E-state index contributed by atoms with van der Waals surface area (Å²) in [6.45, 7) is 6.40. The van der Waals surface area contributed by atoms with Crippen LogP contribution < -0.4 is 16.0 Å². The van der Waals surface area contributed by atoms with Crippen molar-refractivity contribution in [2.45, 2.75) is 33.2 Å². The van der Waals surface area contributed by atoms with Gasteiger partial charge in [-0.15, -0.1) is 0 Å². The highest BCUT2D eigenvalue weighted by molar-refractivity contribution is 5.80. The van der Waals surface area contributed by atoms with Crippen LogP contribution in [0.4, 0.5) is 16.2 Å². The first kappa shape index (κ1) is 15.1. The van der Waals surface area contributed by atoms with Gasteiger partial charge in [0.2, 0.25) is 11.9 Å². The second-order valence-electron chi connectivity index (χ2n) is 4.39. The summed E-state index contributed by atoms with van der Waals surface area (Å²) >= 11 is 0. The molecule has 1 amide bonds. The average molecular weight is 269 g/mol. The van der Waals surface area contributed by atoms with Gasteiger partial charge >= 0.3 is 0 Å². The maximum atomic E-state index is 13.5. The number of nitrogens with zero attached hydrogens (tertiary/aromatic N) is 2. The zero-order chi connectivity index (χ0) is 14.3. The molecule has 1 aromatic rings. The molecule has 0 fully saturated rings. The summed E-state index contributed by atoms with van der Waals surface area (Å²) in [5.74, 6) is -0.432. The molecule has 0 radical (unpaired) electrons. The van der Waals surface area contributed by atoms with Crippen molar-refractivity contribution in [2.24, 2.45) is 0 Å². The summed E-state index contributed by atoms with van der Waals surface area (Å²) in [4.78, 5) is 19.2. The molecule has 0 spiro atoms. The molecule has 6 nitrogen and oxygen atoms in total. The lowest BCUT2D eigenvalue weighted by molar-refractivity contribution is -0.119. The van der Waals surface area contributed by atoms with E-state index in [0.717, 1.165) is 12.6 Å². The largest absolute Gasteiger partial charge is 0.358 e. The number of anilines is 2. The van der Waals surface area contributed by atoms with Crippen molar-refractivity contribution < 1.29 is 9.18 Å². The first-order chi connectivity index (χ1) is 9.02. The first-order valence-electron chi connectivity index (χ1n) is 6.32. The maximum absolute atomic E-state index is 13.5. The highest BCUT2D eigenvalue weighted by Crippen LogP contribution is 2.11. The average Bonchev–Trinajstić information content (AvgIpc) is 2.35. The van der Waals surface area contributed by atoms with Crippen molar-refractivity contribution in [1.29, 1.82) is 0 Å². The Bertz CT molecular complexity index is 425. The Hall–Kier alpha value is -1.92. The molecule has 19 heavy (non-hydrogen) atoms. The maximum Gasteiger partial charge on any atom is 0.239 e. The smallest absolute Gasteiger partial charge is 0.239 e. The van der Waals surface area contributed by atoms with Crippen molar-refractivity contribution in [2.75, 3.05) is 23.7 Å². The zero-order valence-corrected chi connectivity index (χ0v) is 11.5. The van der Waals surface area contributed by atoms with Crippen LogP contribution in [0.15, 0.2) is 6.20 Å². The molecule has 0 aliphatic carbocycles. The van der Waals surface area contributed by atoms with Crippen LogP contribution in [-0.4, -0.2) is 35.0 Å². The van der Waals surface area contributed by atoms with E-state index >= 15 is 0 Å². The summed E-state index contributed by atoms with van der Waals surface area (Å²) in [5.41, 5.74) is 0. The van der Waals surface area contributed by atoms with Gasteiger partial charge in [-0.1, -0.05) is 6.92 Å². The third-order valence-corrected chi connectivity index (χ3v) is 2.14. The molecule has 7 heteroatoms. The second kappa shape index (κ2) is 7.50. The molecule has 0 atom stereocenters. The lowest BCUT2D eigenvalue weighted by Gasteiger charge is -2.11. The number of carbonyl (C=O) groups excluding carboxylic acids is 1. The second-order valence-corrected chi connectivity index (χ2v) is 4.39. The predicted molar refractivity (Wildman–Crippen MR) is 72.5 cm³/mol. The molecule has 1 rings (SSSR count). The Kier molecular flexibility index (Phi) is 5.98. The summed E-state index contributed by atoms with van der Waals surface area (Å²) in [7, 11) is 0. The highest BCUT2D eigenvalue weighted by Gasteiger charge is 2.09. The van der Waals surface area contributed by atoms with Gasteiger partial charge in [-0.05, 0) is 20.3 Å². The zero-order valence-electron chi connectivity index (χ0n) is 11.5. The molecular formula is C12H20FN5O. The van der Waals surface area contributed by atoms with Crippen LogP contribution in [0.1, 0.15) is 27.2 Å². The van der Waals surface area contributed by atoms with E-state index in [9.17, 15) is 9.18 Å². The number of aromatic nitrogens is 2. The van der Waals surface area contributed by atoms with Crippen molar-refractivity contribution in [1.82, 2.24) is 15.3 Å². The van der Waals surface area contributed by atoms with Crippen LogP contribution in [0.2, 0.25) is 0 Å². The van der Waals surface area contributed by atoms with E-state index in [1.54, 1.807) is 0 Å². The number of amides is 1. The highest BCUT2D eigenvalue weighted by atomic mass is 19.1. The fourth-order valence-electron chi connectivity index (χ4n) is 1.35. The minimum absolute atomic E-state index is 0.0208. The van der Waals surface area contributed by atoms with Gasteiger partial charge < -0.3 is 16.0 Å². The quantitative estimate of drug-likeness (QED) is 0.697. The number of rotatable bonds is 7. The standard InChI is InChI=1S/C12H20FN5O/c1-4-5-14-12-16-6-9(13)11(18-12)15-7-10(19)17-8(2)3/h6,8H,4-5,7H2,1-3H3,(H,17,19)(H2,14,15,16,18). The van der Waals surface area contributed by atoms with Gasteiger partial charge in [0.05, 0.1) is 12.7 Å². The predicted octanol–water partition coefficient (Wildman–Crippen LogP) is 1.37. The van der Waals surface area contributed by atoms with E-state index in [0.29, 0.717) is 12.5 Å². The van der Waals surface area contributed by atoms with Crippen molar-refractivity contribution >= 4 is 17.7 Å². The summed E-state index contributed by atoms with van der Waals surface area (Å²) < 4.78 is 13.5. The molecule has 1 aromatic heterocycles. The summed E-state index contributed by atoms with van der Waals surface area (Å²) in [6.07, 6.45) is 1.99. The molecule has 1 heterocycles. The van der Waals surface area contributed by atoms with E-state index in [2.05, 4.69) is 25.9 Å². The number of hydrogen-bond acceptors (Lipinski definition) is 5. The van der Waals surface area contributed by atoms with E-state index < -0.39 is 5.82 Å². The van der Waals surface area contributed by atoms with E-state index in [1.807, 2.05) is 20.8 Å². The van der Waals surface area contributed by atoms with Crippen LogP contribution in [-0.2, 0) is 4.79 Å². The number of hydrogen-bond donors (Lipinski definition) is 3. The molecule has 0 unspecified atom stereocenters. The van der Waals surface area contributed by atoms with Crippen molar-refractivity contribution in [3.8, 4) is 0 Å². The number of halogens is 1. The summed E-state index contributed by atoms with van der Waals surface area (Å²) in [5, 5.41) is 8.31. The normalized spacial score (nSPS) is 10.4. The van der Waals surface area contributed by atoms with E-state index in [1.165, 1.54) is 0 Å². The van der Waals surface area contributed by atoms with Crippen LogP contribution >= 0.6 is 0 Å². The van der Waals surface area contributed by atoms with Gasteiger partial charge in [0, 0.05) is 12.6 Å². The van der Waals surface area contributed by atoms with Crippen molar-refractivity contribution in [3.05, 3.63) is 12.0 Å². The SMILES string of the molecule is CCCNc1ncc(F)c(NCC(=O)NC(C)C)n1. The molecule has 3 N–H and O–H groups in total. The topological polar surface area (TPSA) is 78.9 Å². The van der Waals surface area contributed by atoms with Crippen LogP contribution in [0.5, 0.6) is 0 Å². The number of nitrogens with one attached hydrogen (secondary N) is 3. The van der Waals surface area contributed by atoms with Crippen LogP contribution in [0.25, 0.3) is 0 Å². The van der Waals surface area contributed by atoms with Gasteiger partial charge in [-0.25, -0.2) is 9.37 Å². The van der Waals surface area contributed by atoms with Gasteiger partial charge in [0.25, 0.3) is 0 Å². The van der Waals surface area contributed by atoms with E-state index in [-0.39, 0.29) is 24.3 Å². The minimum atomic E-state index is -0.584. The van der Waals surface area contributed by atoms with Crippen LogP contribution in [0.3, 0.4) is 0 Å². The first-order valence-corrected chi connectivity index (χ1v) is 6.32. The fraction of sp³-hybridized carbons (Fsp3) is 0.583. The van der Waals surface area contributed by atoms with E-state index in [4.69, 9.17) is 0 Å².